The lowest BCUT2D eigenvalue weighted by molar-refractivity contribution is 0.347. The molecular formula is C12H15N3O. The van der Waals surface area contributed by atoms with Gasteiger partial charge in [-0.3, -0.25) is 0 Å². The van der Waals surface area contributed by atoms with E-state index in [1.165, 1.54) is 0 Å². The Hall–Kier alpha value is -1.68. The molecule has 2 rings (SSSR count). The first-order valence-electron chi connectivity index (χ1n) is 5.33. The van der Waals surface area contributed by atoms with Gasteiger partial charge >= 0.3 is 0 Å². The van der Waals surface area contributed by atoms with Crippen molar-refractivity contribution in [1.82, 2.24) is 10.1 Å². The van der Waals surface area contributed by atoms with Crippen LogP contribution in [0.25, 0.3) is 11.4 Å². The lowest BCUT2D eigenvalue weighted by Crippen LogP contribution is -2.22. The van der Waals surface area contributed by atoms with Crippen molar-refractivity contribution < 1.29 is 4.52 Å². The molecule has 0 amide bonds. The first-order valence-corrected chi connectivity index (χ1v) is 5.33. The molecule has 84 valence electrons. The van der Waals surface area contributed by atoms with E-state index >= 15 is 0 Å². The van der Waals surface area contributed by atoms with Crippen LogP contribution >= 0.6 is 0 Å². The summed E-state index contributed by atoms with van der Waals surface area (Å²) in [5.41, 5.74) is 6.74. The number of aromatic nitrogens is 2. The summed E-state index contributed by atoms with van der Waals surface area (Å²) in [4.78, 5) is 4.34. The Labute approximate surface area is 94.5 Å². The molecule has 0 radical (unpaired) electrons. The van der Waals surface area contributed by atoms with Crippen molar-refractivity contribution in [2.24, 2.45) is 5.73 Å². The van der Waals surface area contributed by atoms with Crippen LogP contribution in [0.15, 0.2) is 34.9 Å². The van der Waals surface area contributed by atoms with Gasteiger partial charge in [0.2, 0.25) is 11.7 Å². The monoisotopic (exact) mass is 217 g/mol. The molecule has 0 saturated carbocycles. The van der Waals surface area contributed by atoms with Crippen LogP contribution in [0.4, 0.5) is 0 Å². The van der Waals surface area contributed by atoms with Gasteiger partial charge in [-0.25, -0.2) is 0 Å². The van der Waals surface area contributed by atoms with E-state index in [-0.39, 0.29) is 12.0 Å². The van der Waals surface area contributed by atoms with Crippen molar-refractivity contribution in [2.45, 2.75) is 25.8 Å². The van der Waals surface area contributed by atoms with Gasteiger partial charge in [0.1, 0.15) is 0 Å². The summed E-state index contributed by atoms with van der Waals surface area (Å²) in [7, 11) is 0. The van der Waals surface area contributed by atoms with E-state index in [0.29, 0.717) is 11.7 Å². The van der Waals surface area contributed by atoms with E-state index in [4.69, 9.17) is 10.3 Å². The van der Waals surface area contributed by atoms with Crippen LogP contribution in [0, 0.1) is 0 Å². The molecule has 0 aliphatic heterocycles. The van der Waals surface area contributed by atoms with Gasteiger partial charge < -0.3 is 10.3 Å². The average molecular weight is 217 g/mol. The maximum Gasteiger partial charge on any atom is 0.231 e. The highest BCUT2D eigenvalue weighted by atomic mass is 16.5. The van der Waals surface area contributed by atoms with Gasteiger partial charge in [0.15, 0.2) is 0 Å². The first-order chi connectivity index (χ1) is 7.68. The molecular weight excluding hydrogens is 202 g/mol. The number of nitrogens with zero attached hydrogens (tertiary/aromatic N) is 2. The van der Waals surface area contributed by atoms with Crippen molar-refractivity contribution in [3.05, 3.63) is 36.2 Å². The molecule has 2 N–H and O–H groups in total. The minimum Gasteiger partial charge on any atom is -0.339 e. The Kier molecular flexibility index (Phi) is 3.01. The first kappa shape index (κ1) is 10.8. The van der Waals surface area contributed by atoms with Crippen molar-refractivity contribution >= 4 is 0 Å². The standard InChI is InChI=1S/C12H15N3O/c1-8(9(2)13)12-14-11(15-16-12)10-6-4-3-5-7-10/h3-9H,13H2,1-2H3. The molecule has 4 heteroatoms. The molecule has 0 fully saturated rings. The van der Waals surface area contributed by atoms with E-state index in [9.17, 15) is 0 Å². The molecule has 0 aliphatic carbocycles. The van der Waals surface area contributed by atoms with Gasteiger partial charge in [0.25, 0.3) is 0 Å². The third-order valence-corrected chi connectivity index (χ3v) is 2.65. The van der Waals surface area contributed by atoms with Crippen LogP contribution in [0.2, 0.25) is 0 Å². The zero-order chi connectivity index (χ0) is 11.5. The quantitative estimate of drug-likeness (QED) is 0.855. The van der Waals surface area contributed by atoms with E-state index in [0.717, 1.165) is 5.56 Å². The van der Waals surface area contributed by atoms with Crippen LogP contribution in [0.3, 0.4) is 0 Å². The van der Waals surface area contributed by atoms with E-state index in [2.05, 4.69) is 10.1 Å². The van der Waals surface area contributed by atoms with Gasteiger partial charge in [-0.1, -0.05) is 42.4 Å². The van der Waals surface area contributed by atoms with Crippen molar-refractivity contribution in [3.8, 4) is 11.4 Å². The third-order valence-electron chi connectivity index (χ3n) is 2.65. The fourth-order valence-corrected chi connectivity index (χ4v) is 1.35. The van der Waals surface area contributed by atoms with Gasteiger partial charge in [0, 0.05) is 11.6 Å². The van der Waals surface area contributed by atoms with Crippen molar-refractivity contribution in [3.63, 3.8) is 0 Å². The lowest BCUT2D eigenvalue weighted by atomic mass is 10.1. The van der Waals surface area contributed by atoms with Crippen LogP contribution in [-0.4, -0.2) is 16.2 Å². The minimum atomic E-state index is 0.00377. The SMILES string of the molecule is CC(N)C(C)c1nc(-c2ccccc2)no1. The zero-order valence-electron chi connectivity index (χ0n) is 9.42. The summed E-state index contributed by atoms with van der Waals surface area (Å²) in [6.45, 7) is 3.91. The Bertz CT molecular complexity index is 450. The van der Waals surface area contributed by atoms with Crippen LogP contribution in [-0.2, 0) is 0 Å². The second kappa shape index (κ2) is 4.45. The second-order valence-electron chi connectivity index (χ2n) is 3.97. The second-order valence-corrected chi connectivity index (χ2v) is 3.97. The minimum absolute atomic E-state index is 0.00377. The molecule has 0 saturated heterocycles. The smallest absolute Gasteiger partial charge is 0.231 e. The highest BCUT2D eigenvalue weighted by molar-refractivity contribution is 5.53. The predicted octanol–water partition coefficient (Wildman–Crippen LogP) is 2.19. The zero-order valence-corrected chi connectivity index (χ0v) is 9.42. The summed E-state index contributed by atoms with van der Waals surface area (Å²) < 4.78 is 5.20. The Morgan fingerprint density at radius 1 is 1.19 bits per heavy atom. The third kappa shape index (κ3) is 2.12. The number of hydrogen-bond acceptors (Lipinski definition) is 4. The van der Waals surface area contributed by atoms with Gasteiger partial charge in [-0.15, -0.1) is 0 Å². The fourth-order valence-electron chi connectivity index (χ4n) is 1.35. The Balaban J connectivity index is 2.27. The van der Waals surface area contributed by atoms with Crippen LogP contribution in [0.1, 0.15) is 25.7 Å². The van der Waals surface area contributed by atoms with Gasteiger partial charge in [-0.2, -0.15) is 4.98 Å². The largest absolute Gasteiger partial charge is 0.339 e. The predicted molar refractivity (Wildman–Crippen MR) is 61.8 cm³/mol. The summed E-state index contributed by atoms with van der Waals surface area (Å²) >= 11 is 0. The Morgan fingerprint density at radius 2 is 1.88 bits per heavy atom. The maximum absolute atomic E-state index is 5.79. The molecule has 2 atom stereocenters. The number of benzene rings is 1. The van der Waals surface area contributed by atoms with E-state index < -0.39 is 0 Å². The van der Waals surface area contributed by atoms with Crippen LogP contribution in [0.5, 0.6) is 0 Å². The number of rotatable bonds is 3. The summed E-state index contributed by atoms with van der Waals surface area (Å²) in [6.07, 6.45) is 0. The maximum atomic E-state index is 5.79. The molecule has 0 bridgehead atoms. The number of nitrogens with two attached hydrogens (primary N) is 1. The molecule has 2 unspecified atom stereocenters. The normalized spacial score (nSPS) is 14.7. The summed E-state index contributed by atoms with van der Waals surface area (Å²) in [5.74, 6) is 1.28. The van der Waals surface area contributed by atoms with E-state index in [1.54, 1.807) is 0 Å². The molecule has 16 heavy (non-hydrogen) atoms. The van der Waals surface area contributed by atoms with E-state index in [1.807, 2.05) is 44.2 Å². The van der Waals surface area contributed by atoms with Gasteiger partial charge in [-0.05, 0) is 6.92 Å². The fraction of sp³-hybridized carbons (Fsp3) is 0.333. The number of hydrogen-bond donors (Lipinski definition) is 1. The molecule has 0 spiro atoms. The molecule has 1 aromatic carbocycles. The summed E-state index contributed by atoms with van der Waals surface area (Å²) in [6, 6.07) is 9.75. The van der Waals surface area contributed by atoms with Crippen molar-refractivity contribution in [1.29, 1.82) is 0 Å². The van der Waals surface area contributed by atoms with Crippen LogP contribution < -0.4 is 5.73 Å². The Morgan fingerprint density at radius 3 is 2.50 bits per heavy atom. The van der Waals surface area contributed by atoms with Gasteiger partial charge in [0.05, 0.1) is 5.92 Å². The molecule has 0 aliphatic rings. The average Bonchev–Trinajstić information content (AvgIpc) is 2.78. The highest BCUT2D eigenvalue weighted by Crippen LogP contribution is 2.20. The lowest BCUT2D eigenvalue weighted by Gasteiger charge is -2.09. The molecule has 4 nitrogen and oxygen atoms in total. The highest BCUT2D eigenvalue weighted by Gasteiger charge is 2.18. The topological polar surface area (TPSA) is 64.9 Å². The molecule has 1 aromatic heterocycles. The molecule has 2 aromatic rings. The van der Waals surface area contributed by atoms with Crippen molar-refractivity contribution in [2.75, 3.05) is 0 Å². The summed E-state index contributed by atoms with van der Waals surface area (Å²) in [5, 5.41) is 3.95. The molecule has 1 heterocycles.